The Balaban J connectivity index is 1.39. The Kier molecular flexibility index (Phi) is 4.42. The molecule has 0 amide bonds. The first-order valence-corrected chi connectivity index (χ1v) is 10.0. The van der Waals surface area contributed by atoms with Gasteiger partial charge in [0.1, 0.15) is 5.75 Å². The smallest absolute Gasteiger partial charge is 0.262 e. The fourth-order valence-corrected chi connectivity index (χ4v) is 4.04. The van der Waals surface area contributed by atoms with E-state index in [1.54, 1.807) is 7.05 Å². The van der Waals surface area contributed by atoms with E-state index < -0.39 is 0 Å². The van der Waals surface area contributed by atoms with Crippen molar-refractivity contribution >= 4 is 22.4 Å². The molecule has 2 aromatic heterocycles. The van der Waals surface area contributed by atoms with Crippen molar-refractivity contribution in [2.45, 2.75) is 38.3 Å². The highest BCUT2D eigenvalue weighted by Crippen LogP contribution is 2.25. The average molecular weight is 389 g/mol. The first kappa shape index (κ1) is 17.7. The Morgan fingerprint density at radius 2 is 1.83 bits per heavy atom. The molecule has 148 valence electrons. The summed E-state index contributed by atoms with van der Waals surface area (Å²) in [5.74, 6) is 2.19. The van der Waals surface area contributed by atoms with Gasteiger partial charge in [0, 0.05) is 12.7 Å². The van der Waals surface area contributed by atoms with Gasteiger partial charge in [-0.25, -0.2) is 0 Å². The summed E-state index contributed by atoms with van der Waals surface area (Å²) >= 11 is 0. The highest BCUT2D eigenvalue weighted by atomic mass is 16.5. The fraction of sp³-hybridized carbons (Fsp3) is 0.318. The van der Waals surface area contributed by atoms with Crippen LogP contribution in [0.2, 0.25) is 0 Å². The number of aryl methyl sites for hydroxylation is 1. The predicted molar refractivity (Wildman–Crippen MR) is 112 cm³/mol. The van der Waals surface area contributed by atoms with Gasteiger partial charge in [0.15, 0.2) is 5.82 Å². The van der Waals surface area contributed by atoms with Crippen LogP contribution in [0.15, 0.2) is 53.3 Å². The lowest BCUT2D eigenvalue weighted by Gasteiger charge is -2.13. The number of ether oxygens (including phenoxy) is 1. The molecule has 1 fully saturated rings. The van der Waals surface area contributed by atoms with Crippen molar-refractivity contribution in [2.75, 3.05) is 5.32 Å². The summed E-state index contributed by atoms with van der Waals surface area (Å²) in [7, 11) is 1.72. The van der Waals surface area contributed by atoms with Crippen molar-refractivity contribution in [1.82, 2.24) is 19.2 Å². The largest absolute Gasteiger partial charge is 0.490 e. The van der Waals surface area contributed by atoms with Crippen molar-refractivity contribution in [2.24, 2.45) is 7.05 Å². The normalized spacial score (nSPS) is 14.7. The van der Waals surface area contributed by atoms with Crippen molar-refractivity contribution in [3.8, 4) is 5.75 Å². The van der Waals surface area contributed by atoms with E-state index in [1.165, 1.54) is 17.4 Å². The quantitative estimate of drug-likeness (QED) is 0.565. The van der Waals surface area contributed by atoms with Gasteiger partial charge in [-0.1, -0.05) is 12.1 Å². The molecule has 4 aromatic rings. The molecule has 2 aromatic carbocycles. The minimum absolute atomic E-state index is 0.0714. The molecule has 0 bridgehead atoms. The molecule has 1 aliphatic carbocycles. The van der Waals surface area contributed by atoms with Crippen LogP contribution in [0.25, 0.3) is 16.7 Å². The molecule has 0 atom stereocenters. The molecule has 0 radical (unpaired) electrons. The van der Waals surface area contributed by atoms with Crippen molar-refractivity contribution in [3.63, 3.8) is 0 Å². The van der Waals surface area contributed by atoms with Crippen molar-refractivity contribution in [3.05, 3.63) is 64.7 Å². The Morgan fingerprint density at radius 3 is 2.62 bits per heavy atom. The number of anilines is 1. The third kappa shape index (κ3) is 3.22. The van der Waals surface area contributed by atoms with Crippen LogP contribution < -0.4 is 15.6 Å². The zero-order chi connectivity index (χ0) is 19.8. The summed E-state index contributed by atoms with van der Waals surface area (Å²) in [5.41, 5.74) is 1.72. The Hall–Kier alpha value is -3.35. The number of hydrogen-bond acceptors (Lipinski definition) is 5. The lowest BCUT2D eigenvalue weighted by atomic mass is 10.2. The number of nitrogens with zero attached hydrogens (tertiary/aromatic N) is 4. The molecule has 7 heteroatoms. The zero-order valence-corrected chi connectivity index (χ0v) is 16.3. The zero-order valence-electron chi connectivity index (χ0n) is 16.3. The molecule has 29 heavy (non-hydrogen) atoms. The first-order chi connectivity index (χ1) is 14.2. The summed E-state index contributed by atoms with van der Waals surface area (Å²) < 4.78 is 9.49. The molecule has 7 nitrogen and oxygen atoms in total. The number of nitrogens with one attached hydrogen (secondary N) is 1. The molecule has 5 rings (SSSR count). The Labute approximate surface area is 167 Å². The number of rotatable bonds is 5. The highest BCUT2D eigenvalue weighted by Gasteiger charge is 2.16. The van der Waals surface area contributed by atoms with Gasteiger partial charge >= 0.3 is 0 Å². The number of fused-ring (bicyclic) bond motifs is 3. The minimum atomic E-state index is -0.0714. The van der Waals surface area contributed by atoms with Crippen molar-refractivity contribution in [1.29, 1.82) is 0 Å². The van der Waals surface area contributed by atoms with Gasteiger partial charge in [0.2, 0.25) is 5.78 Å². The number of aromatic nitrogens is 4. The first-order valence-electron chi connectivity index (χ1n) is 10.0. The molecule has 0 saturated heterocycles. The lowest BCUT2D eigenvalue weighted by molar-refractivity contribution is 0.210. The van der Waals surface area contributed by atoms with Gasteiger partial charge < -0.3 is 10.1 Å². The topological polar surface area (TPSA) is 73.5 Å². The molecule has 1 saturated carbocycles. The number of hydrogen-bond donors (Lipinski definition) is 1. The van der Waals surface area contributed by atoms with Crippen LogP contribution >= 0.6 is 0 Å². The minimum Gasteiger partial charge on any atom is -0.490 e. The van der Waals surface area contributed by atoms with Gasteiger partial charge in [-0.2, -0.15) is 0 Å². The highest BCUT2D eigenvalue weighted by molar-refractivity contribution is 5.80. The van der Waals surface area contributed by atoms with E-state index in [9.17, 15) is 4.79 Å². The third-order valence-electron chi connectivity index (χ3n) is 5.60. The lowest BCUT2D eigenvalue weighted by Crippen LogP contribution is -2.20. The maximum absolute atomic E-state index is 12.5. The monoisotopic (exact) mass is 389 g/mol. The summed E-state index contributed by atoms with van der Waals surface area (Å²) in [5, 5.41) is 12.6. The number of benzene rings is 2. The summed E-state index contributed by atoms with van der Waals surface area (Å²) in [6, 6.07) is 15.6. The van der Waals surface area contributed by atoms with E-state index in [-0.39, 0.29) is 5.56 Å². The van der Waals surface area contributed by atoms with Crippen LogP contribution in [0.1, 0.15) is 31.5 Å². The fourth-order valence-electron chi connectivity index (χ4n) is 4.04. The second-order valence-corrected chi connectivity index (χ2v) is 7.54. The molecule has 0 spiro atoms. The predicted octanol–water partition coefficient (Wildman–Crippen LogP) is 3.51. The van der Waals surface area contributed by atoms with Crippen LogP contribution in [0.5, 0.6) is 5.75 Å². The van der Waals surface area contributed by atoms with Gasteiger partial charge in [0.05, 0.1) is 23.6 Å². The molecule has 0 unspecified atom stereocenters. The Bertz CT molecular complexity index is 1220. The van der Waals surface area contributed by atoms with E-state index in [0.717, 1.165) is 35.6 Å². The summed E-state index contributed by atoms with van der Waals surface area (Å²) in [4.78, 5) is 12.5. The molecule has 1 aliphatic rings. The van der Waals surface area contributed by atoms with Crippen LogP contribution in [0.3, 0.4) is 0 Å². The van der Waals surface area contributed by atoms with E-state index in [4.69, 9.17) is 4.74 Å². The molecule has 1 N–H and O–H groups in total. The van der Waals surface area contributed by atoms with E-state index in [2.05, 4.69) is 15.5 Å². The van der Waals surface area contributed by atoms with E-state index >= 15 is 0 Å². The molecule has 2 heterocycles. The van der Waals surface area contributed by atoms with E-state index in [1.807, 2.05) is 52.9 Å². The summed E-state index contributed by atoms with van der Waals surface area (Å²) in [6.45, 7) is 0.492. The summed E-state index contributed by atoms with van der Waals surface area (Å²) in [6.07, 6.45) is 5.18. The second-order valence-electron chi connectivity index (χ2n) is 7.54. The SMILES string of the molecule is Cn1c(=O)c2ccccc2n2c(CNc3ccc(OC4CCCC4)cc3)nnc12. The maximum atomic E-state index is 12.5. The second kappa shape index (κ2) is 7.24. The molecular weight excluding hydrogens is 366 g/mol. The molecular formula is C22H23N5O2. The van der Waals surface area contributed by atoms with Gasteiger partial charge in [-0.05, 0) is 62.1 Å². The van der Waals surface area contributed by atoms with Gasteiger partial charge in [-0.15, -0.1) is 10.2 Å². The Morgan fingerprint density at radius 1 is 1.07 bits per heavy atom. The van der Waals surface area contributed by atoms with E-state index in [0.29, 0.717) is 23.8 Å². The average Bonchev–Trinajstić information content (AvgIpc) is 3.41. The van der Waals surface area contributed by atoms with Crippen LogP contribution in [0.4, 0.5) is 5.69 Å². The van der Waals surface area contributed by atoms with Crippen molar-refractivity contribution < 1.29 is 4.74 Å². The van der Waals surface area contributed by atoms with Crippen LogP contribution in [-0.2, 0) is 13.6 Å². The maximum Gasteiger partial charge on any atom is 0.262 e. The van der Waals surface area contributed by atoms with Gasteiger partial charge in [-0.3, -0.25) is 13.8 Å². The number of para-hydroxylation sites is 1. The standard InChI is InChI=1S/C22H23N5O2/c1-26-21(28)18-8-4-5-9-19(18)27-20(24-25-22(26)27)14-23-15-10-12-17(13-11-15)29-16-6-2-3-7-16/h4-5,8-13,16,23H,2-3,6-7,14H2,1H3. The molecule has 0 aliphatic heterocycles. The van der Waals surface area contributed by atoms with Gasteiger partial charge in [0.25, 0.3) is 5.56 Å². The van der Waals surface area contributed by atoms with Crippen LogP contribution in [0, 0.1) is 0 Å². The van der Waals surface area contributed by atoms with Crippen LogP contribution in [-0.4, -0.2) is 25.3 Å². The third-order valence-corrected chi connectivity index (χ3v) is 5.60.